The summed E-state index contributed by atoms with van der Waals surface area (Å²) in [5.74, 6) is 0.848. The van der Waals surface area contributed by atoms with Crippen LogP contribution in [0.4, 0.5) is 5.69 Å². The Morgan fingerprint density at radius 1 is 1.19 bits per heavy atom. The molecule has 1 aromatic carbocycles. The highest BCUT2D eigenvalue weighted by Crippen LogP contribution is 2.36. The Kier molecular flexibility index (Phi) is 4.73. The van der Waals surface area contributed by atoms with Gasteiger partial charge in [0.2, 0.25) is 0 Å². The van der Waals surface area contributed by atoms with Gasteiger partial charge in [0.15, 0.2) is 0 Å². The number of aryl methyl sites for hydroxylation is 1. The summed E-state index contributed by atoms with van der Waals surface area (Å²) in [5, 5.41) is 6.54. The van der Waals surface area contributed by atoms with Gasteiger partial charge in [-0.15, -0.1) is 0 Å². The van der Waals surface area contributed by atoms with E-state index in [0.29, 0.717) is 0 Å². The molecule has 1 aliphatic carbocycles. The second-order valence-electron chi connectivity index (χ2n) is 7.49. The van der Waals surface area contributed by atoms with Crippen LogP contribution in [0.25, 0.3) is 10.9 Å². The minimum Gasteiger partial charge on any atom is -0.496 e. The van der Waals surface area contributed by atoms with Gasteiger partial charge < -0.3 is 9.64 Å². The quantitative estimate of drug-likeness (QED) is 0.845. The van der Waals surface area contributed by atoms with E-state index in [0.717, 1.165) is 66.7 Å². The lowest BCUT2D eigenvalue weighted by Crippen LogP contribution is -2.50. The number of nitrogens with zero attached hydrogens (tertiary/aromatic N) is 3. The van der Waals surface area contributed by atoms with Crippen LogP contribution in [0.3, 0.4) is 0 Å². The molecular weight excluding hydrogens is 364 g/mol. The standard InChI is InChI=1S/C19H26N4O3S/c1-13-11-17-16(12-19(13)26-2)18(5-8-21-17)22-9-6-15(7-10-22)23(14-3-4-14)27(20,24)25/h5,8,11-12,14-15H,3-4,6-7,9-10H2,1-2H3,(H2,20,24,25). The van der Waals surface area contributed by atoms with Crippen LogP contribution in [0, 0.1) is 6.92 Å². The van der Waals surface area contributed by atoms with Gasteiger partial charge in [-0.3, -0.25) is 4.98 Å². The number of hydrogen-bond donors (Lipinski definition) is 1. The van der Waals surface area contributed by atoms with Crippen LogP contribution in [0.5, 0.6) is 5.75 Å². The predicted octanol–water partition coefficient (Wildman–Crippen LogP) is 2.19. The summed E-state index contributed by atoms with van der Waals surface area (Å²) in [7, 11) is -1.97. The molecule has 146 valence electrons. The summed E-state index contributed by atoms with van der Waals surface area (Å²) in [5.41, 5.74) is 3.11. The number of methoxy groups -OCH3 is 1. The van der Waals surface area contributed by atoms with E-state index in [1.54, 1.807) is 11.4 Å². The largest absolute Gasteiger partial charge is 0.496 e. The molecule has 7 nitrogen and oxygen atoms in total. The van der Waals surface area contributed by atoms with E-state index in [4.69, 9.17) is 9.88 Å². The number of nitrogens with two attached hydrogens (primary N) is 1. The zero-order chi connectivity index (χ0) is 19.2. The van der Waals surface area contributed by atoms with Crippen molar-refractivity contribution in [3.8, 4) is 5.75 Å². The first-order valence-corrected chi connectivity index (χ1v) is 10.9. The topological polar surface area (TPSA) is 88.8 Å². The highest BCUT2D eigenvalue weighted by molar-refractivity contribution is 7.86. The van der Waals surface area contributed by atoms with Gasteiger partial charge in [-0.05, 0) is 56.4 Å². The van der Waals surface area contributed by atoms with E-state index in [1.165, 1.54) is 0 Å². The van der Waals surface area contributed by atoms with Gasteiger partial charge in [0.05, 0.1) is 12.6 Å². The fourth-order valence-electron chi connectivity index (χ4n) is 4.16. The van der Waals surface area contributed by atoms with Crippen molar-refractivity contribution in [3.05, 3.63) is 30.0 Å². The molecule has 27 heavy (non-hydrogen) atoms. The first-order chi connectivity index (χ1) is 12.9. The summed E-state index contributed by atoms with van der Waals surface area (Å²) in [6.45, 7) is 3.59. The number of hydrogen-bond acceptors (Lipinski definition) is 5. The van der Waals surface area contributed by atoms with Crippen LogP contribution < -0.4 is 14.8 Å². The van der Waals surface area contributed by atoms with Gasteiger partial charge in [0.25, 0.3) is 10.2 Å². The fourth-order valence-corrected chi connectivity index (χ4v) is 5.42. The van der Waals surface area contributed by atoms with Crippen LogP contribution >= 0.6 is 0 Å². The molecule has 1 aliphatic heterocycles. The van der Waals surface area contributed by atoms with Crippen molar-refractivity contribution in [1.82, 2.24) is 9.29 Å². The molecule has 0 spiro atoms. The number of piperidine rings is 1. The highest BCUT2D eigenvalue weighted by Gasteiger charge is 2.41. The van der Waals surface area contributed by atoms with Crippen molar-refractivity contribution >= 4 is 26.8 Å². The van der Waals surface area contributed by atoms with Gasteiger partial charge >= 0.3 is 0 Å². The third-order valence-corrected chi connectivity index (χ3v) is 6.78. The highest BCUT2D eigenvalue weighted by atomic mass is 32.2. The van der Waals surface area contributed by atoms with Crippen molar-refractivity contribution in [1.29, 1.82) is 0 Å². The molecule has 2 heterocycles. The van der Waals surface area contributed by atoms with Crippen LogP contribution in [0.1, 0.15) is 31.2 Å². The molecule has 1 saturated carbocycles. The maximum atomic E-state index is 12.0. The number of pyridine rings is 1. The summed E-state index contributed by atoms with van der Waals surface area (Å²) in [6, 6.07) is 6.20. The Bertz CT molecular complexity index is 951. The summed E-state index contributed by atoms with van der Waals surface area (Å²) < 4.78 is 31.1. The van der Waals surface area contributed by atoms with Crippen LogP contribution in [-0.2, 0) is 10.2 Å². The predicted molar refractivity (Wildman–Crippen MR) is 106 cm³/mol. The summed E-state index contributed by atoms with van der Waals surface area (Å²) in [4.78, 5) is 6.80. The molecule has 0 unspecified atom stereocenters. The smallest absolute Gasteiger partial charge is 0.277 e. The van der Waals surface area contributed by atoms with E-state index < -0.39 is 10.2 Å². The van der Waals surface area contributed by atoms with Crippen molar-refractivity contribution in [2.45, 2.75) is 44.7 Å². The molecular formula is C19H26N4O3S. The maximum absolute atomic E-state index is 12.0. The molecule has 0 atom stereocenters. The maximum Gasteiger partial charge on any atom is 0.277 e. The molecule has 1 saturated heterocycles. The minimum atomic E-state index is -3.64. The number of ether oxygens (including phenoxy) is 1. The van der Waals surface area contributed by atoms with Crippen molar-refractivity contribution in [2.24, 2.45) is 5.14 Å². The molecule has 0 bridgehead atoms. The van der Waals surface area contributed by atoms with Crippen LogP contribution in [0.2, 0.25) is 0 Å². The number of aromatic nitrogens is 1. The average Bonchev–Trinajstić information content (AvgIpc) is 3.45. The molecule has 2 N–H and O–H groups in total. The molecule has 8 heteroatoms. The summed E-state index contributed by atoms with van der Waals surface area (Å²) >= 11 is 0. The lowest BCUT2D eigenvalue weighted by molar-refractivity contribution is 0.267. The number of fused-ring (bicyclic) bond motifs is 1. The second-order valence-corrected chi connectivity index (χ2v) is 8.94. The molecule has 2 aliphatic rings. The molecule has 4 rings (SSSR count). The normalized spacial score (nSPS) is 19.0. The van der Waals surface area contributed by atoms with E-state index in [9.17, 15) is 8.42 Å². The van der Waals surface area contributed by atoms with Gasteiger partial charge in [0.1, 0.15) is 5.75 Å². The van der Waals surface area contributed by atoms with Gasteiger partial charge in [-0.25, -0.2) is 5.14 Å². The zero-order valence-electron chi connectivity index (χ0n) is 15.8. The molecule has 2 fully saturated rings. The Morgan fingerprint density at radius 3 is 2.44 bits per heavy atom. The Morgan fingerprint density at radius 2 is 1.85 bits per heavy atom. The molecule has 2 aromatic rings. The van der Waals surface area contributed by atoms with E-state index in [2.05, 4.69) is 9.88 Å². The van der Waals surface area contributed by atoms with E-state index >= 15 is 0 Å². The van der Waals surface area contributed by atoms with E-state index in [-0.39, 0.29) is 12.1 Å². The zero-order valence-corrected chi connectivity index (χ0v) is 16.6. The fraction of sp³-hybridized carbons (Fsp3) is 0.526. The Hall–Kier alpha value is -1.90. The lowest BCUT2D eigenvalue weighted by atomic mass is 10.0. The van der Waals surface area contributed by atoms with Crippen molar-refractivity contribution in [2.75, 3.05) is 25.1 Å². The van der Waals surface area contributed by atoms with Gasteiger partial charge in [-0.2, -0.15) is 12.7 Å². The Balaban J connectivity index is 1.58. The Labute approximate surface area is 160 Å². The second kappa shape index (κ2) is 6.92. The third-order valence-electron chi connectivity index (χ3n) is 5.60. The number of anilines is 1. The average molecular weight is 391 g/mol. The summed E-state index contributed by atoms with van der Waals surface area (Å²) in [6.07, 6.45) is 5.23. The lowest BCUT2D eigenvalue weighted by Gasteiger charge is -2.38. The first kappa shape index (κ1) is 18.5. The monoisotopic (exact) mass is 390 g/mol. The molecule has 0 radical (unpaired) electrons. The van der Waals surface area contributed by atoms with E-state index in [1.807, 2.05) is 31.3 Å². The van der Waals surface area contributed by atoms with Gasteiger partial charge in [0, 0.05) is 42.4 Å². The molecule has 0 amide bonds. The third kappa shape index (κ3) is 3.61. The van der Waals surface area contributed by atoms with Gasteiger partial charge in [-0.1, -0.05) is 0 Å². The minimum absolute atomic E-state index is 0.00590. The van der Waals surface area contributed by atoms with Crippen molar-refractivity contribution < 1.29 is 13.2 Å². The number of benzene rings is 1. The SMILES string of the molecule is COc1cc2c(N3CCC(N(C4CC4)S(N)(=O)=O)CC3)ccnc2cc1C. The van der Waals surface area contributed by atoms with Crippen LogP contribution in [0.15, 0.2) is 24.4 Å². The molecule has 1 aromatic heterocycles. The van der Waals surface area contributed by atoms with Crippen molar-refractivity contribution in [3.63, 3.8) is 0 Å². The van der Waals surface area contributed by atoms with Crippen LogP contribution in [-0.4, -0.2) is 50.0 Å². The number of rotatable bonds is 5. The first-order valence-electron chi connectivity index (χ1n) is 9.38.